The van der Waals surface area contributed by atoms with Gasteiger partial charge in [-0.05, 0) is 45.1 Å². The fraction of sp³-hybridized carbons (Fsp3) is 0.700. The first-order chi connectivity index (χ1) is 9.95. The van der Waals surface area contributed by atoms with Crippen LogP contribution in [-0.2, 0) is 5.41 Å². The maximum atomic E-state index is 3.79. The Morgan fingerprint density at radius 1 is 1.05 bits per heavy atom. The van der Waals surface area contributed by atoms with Crippen molar-refractivity contribution >= 4 is 0 Å². The van der Waals surface area contributed by atoms with Gasteiger partial charge in [-0.3, -0.25) is 0 Å². The lowest BCUT2D eigenvalue weighted by molar-refractivity contribution is 0.264. The SMILES string of the molecule is CCC(CNC(C)(C)C)(CC1CCCC1)c1ccccc1. The second-order valence-electron chi connectivity index (χ2n) is 7.96. The predicted molar refractivity (Wildman–Crippen MR) is 92.7 cm³/mol. The van der Waals surface area contributed by atoms with Gasteiger partial charge in [0.05, 0.1) is 0 Å². The number of rotatable bonds is 6. The molecule has 1 atom stereocenters. The van der Waals surface area contributed by atoms with Crippen molar-refractivity contribution in [3.05, 3.63) is 35.9 Å². The zero-order chi connectivity index (χ0) is 15.3. The Labute approximate surface area is 131 Å². The Bertz CT molecular complexity index is 411. The first-order valence-electron chi connectivity index (χ1n) is 8.76. The topological polar surface area (TPSA) is 12.0 Å². The molecular weight excluding hydrogens is 254 g/mol. The molecule has 21 heavy (non-hydrogen) atoms. The molecule has 0 spiro atoms. The third kappa shape index (κ3) is 4.57. The zero-order valence-corrected chi connectivity index (χ0v) is 14.4. The number of hydrogen-bond acceptors (Lipinski definition) is 1. The third-order valence-corrected chi connectivity index (χ3v) is 5.17. The second kappa shape index (κ2) is 6.96. The Morgan fingerprint density at radius 3 is 2.19 bits per heavy atom. The van der Waals surface area contributed by atoms with Crippen molar-refractivity contribution in [2.45, 2.75) is 77.2 Å². The normalized spacial score (nSPS) is 19.6. The maximum Gasteiger partial charge on any atom is 0.00968 e. The predicted octanol–water partition coefficient (Wildman–Crippen LogP) is 5.30. The summed E-state index contributed by atoms with van der Waals surface area (Å²) in [5, 5.41) is 3.79. The summed E-state index contributed by atoms with van der Waals surface area (Å²) >= 11 is 0. The lowest BCUT2D eigenvalue weighted by atomic mass is 9.71. The Balaban J connectivity index is 2.21. The maximum absolute atomic E-state index is 3.79. The quantitative estimate of drug-likeness (QED) is 0.748. The van der Waals surface area contributed by atoms with Gasteiger partial charge in [-0.15, -0.1) is 0 Å². The fourth-order valence-electron chi connectivity index (χ4n) is 3.76. The molecule has 0 heterocycles. The molecule has 1 unspecified atom stereocenters. The van der Waals surface area contributed by atoms with E-state index in [1.54, 1.807) is 0 Å². The first-order valence-corrected chi connectivity index (χ1v) is 8.76. The lowest BCUT2D eigenvalue weighted by Crippen LogP contribution is -2.46. The van der Waals surface area contributed by atoms with Crippen LogP contribution in [0, 0.1) is 5.92 Å². The highest BCUT2D eigenvalue weighted by atomic mass is 15.0. The van der Waals surface area contributed by atoms with E-state index >= 15 is 0 Å². The molecule has 1 aliphatic carbocycles. The molecular formula is C20H33N. The minimum Gasteiger partial charge on any atom is -0.311 e. The van der Waals surface area contributed by atoms with E-state index in [9.17, 15) is 0 Å². The van der Waals surface area contributed by atoms with Crippen LogP contribution in [0.2, 0.25) is 0 Å². The molecule has 0 bridgehead atoms. The van der Waals surface area contributed by atoms with Crippen LogP contribution < -0.4 is 5.32 Å². The molecule has 1 heteroatoms. The van der Waals surface area contributed by atoms with Crippen LogP contribution in [0.25, 0.3) is 0 Å². The molecule has 0 aromatic heterocycles. The summed E-state index contributed by atoms with van der Waals surface area (Å²) in [5.41, 5.74) is 2.00. The van der Waals surface area contributed by atoms with Gasteiger partial charge >= 0.3 is 0 Å². The molecule has 0 radical (unpaired) electrons. The standard InChI is InChI=1S/C20H33N/c1-5-20(16-21-19(2,3)4,15-17-11-9-10-12-17)18-13-7-6-8-14-18/h6-8,13-14,17,21H,5,9-12,15-16H2,1-4H3. The van der Waals surface area contributed by atoms with Crippen molar-refractivity contribution in [3.63, 3.8) is 0 Å². The van der Waals surface area contributed by atoms with E-state index in [4.69, 9.17) is 0 Å². The van der Waals surface area contributed by atoms with Gasteiger partial charge in [-0.1, -0.05) is 62.9 Å². The Morgan fingerprint density at radius 2 is 1.67 bits per heavy atom. The van der Waals surface area contributed by atoms with Gasteiger partial charge < -0.3 is 5.32 Å². The van der Waals surface area contributed by atoms with Crippen molar-refractivity contribution in [2.24, 2.45) is 5.92 Å². The Kier molecular flexibility index (Phi) is 5.48. The van der Waals surface area contributed by atoms with E-state index in [-0.39, 0.29) is 5.54 Å². The summed E-state index contributed by atoms with van der Waals surface area (Å²) in [5.74, 6) is 0.923. The second-order valence-corrected chi connectivity index (χ2v) is 7.96. The van der Waals surface area contributed by atoms with Crippen LogP contribution in [0.15, 0.2) is 30.3 Å². The van der Waals surface area contributed by atoms with Crippen molar-refractivity contribution in [1.29, 1.82) is 0 Å². The van der Waals surface area contributed by atoms with Crippen molar-refractivity contribution < 1.29 is 0 Å². The summed E-state index contributed by atoms with van der Waals surface area (Å²) in [6.45, 7) is 10.3. The zero-order valence-electron chi connectivity index (χ0n) is 14.4. The van der Waals surface area contributed by atoms with Crippen LogP contribution >= 0.6 is 0 Å². The minimum atomic E-state index is 0.185. The molecule has 1 saturated carbocycles. The number of benzene rings is 1. The van der Waals surface area contributed by atoms with Gasteiger partial charge in [0.2, 0.25) is 0 Å². The first kappa shape index (κ1) is 16.5. The van der Waals surface area contributed by atoms with Crippen molar-refractivity contribution in [1.82, 2.24) is 5.32 Å². The highest BCUT2D eigenvalue weighted by molar-refractivity contribution is 5.26. The van der Waals surface area contributed by atoms with Crippen LogP contribution in [0.3, 0.4) is 0 Å². The van der Waals surface area contributed by atoms with Gasteiger partial charge in [0.15, 0.2) is 0 Å². The van der Waals surface area contributed by atoms with E-state index in [2.05, 4.69) is 63.3 Å². The van der Waals surface area contributed by atoms with Crippen LogP contribution in [0.5, 0.6) is 0 Å². The van der Waals surface area contributed by atoms with Crippen LogP contribution in [-0.4, -0.2) is 12.1 Å². The van der Waals surface area contributed by atoms with Gasteiger partial charge in [0.25, 0.3) is 0 Å². The fourth-order valence-corrected chi connectivity index (χ4v) is 3.76. The summed E-state index contributed by atoms with van der Waals surface area (Å²) in [6.07, 6.45) is 8.30. The van der Waals surface area contributed by atoms with Crippen LogP contribution in [0.4, 0.5) is 0 Å². The summed E-state index contributed by atoms with van der Waals surface area (Å²) in [4.78, 5) is 0. The van der Waals surface area contributed by atoms with Gasteiger partial charge in [0.1, 0.15) is 0 Å². The summed E-state index contributed by atoms with van der Waals surface area (Å²) in [6, 6.07) is 11.2. The van der Waals surface area contributed by atoms with Gasteiger partial charge in [-0.25, -0.2) is 0 Å². The highest BCUT2D eigenvalue weighted by Gasteiger charge is 2.34. The minimum absolute atomic E-state index is 0.185. The molecule has 1 aliphatic rings. The average Bonchev–Trinajstić information content (AvgIpc) is 2.96. The Hall–Kier alpha value is -0.820. The molecule has 1 aromatic carbocycles. The van der Waals surface area contributed by atoms with E-state index in [0.29, 0.717) is 5.41 Å². The van der Waals surface area contributed by atoms with Gasteiger partial charge in [-0.2, -0.15) is 0 Å². The van der Waals surface area contributed by atoms with E-state index in [0.717, 1.165) is 12.5 Å². The molecule has 0 saturated heterocycles. The molecule has 1 fully saturated rings. The van der Waals surface area contributed by atoms with E-state index in [1.165, 1.54) is 44.1 Å². The molecule has 2 rings (SSSR count). The molecule has 1 aromatic rings. The van der Waals surface area contributed by atoms with Gasteiger partial charge in [0, 0.05) is 17.5 Å². The lowest BCUT2D eigenvalue weighted by Gasteiger charge is -2.38. The molecule has 0 amide bonds. The third-order valence-electron chi connectivity index (χ3n) is 5.17. The van der Waals surface area contributed by atoms with Crippen LogP contribution in [0.1, 0.15) is 71.8 Å². The number of nitrogens with one attached hydrogen (secondary N) is 1. The van der Waals surface area contributed by atoms with E-state index < -0.39 is 0 Å². The summed E-state index contributed by atoms with van der Waals surface area (Å²) < 4.78 is 0. The van der Waals surface area contributed by atoms with Crippen molar-refractivity contribution in [2.75, 3.05) is 6.54 Å². The molecule has 1 nitrogen and oxygen atoms in total. The van der Waals surface area contributed by atoms with E-state index in [1.807, 2.05) is 0 Å². The summed E-state index contributed by atoms with van der Waals surface area (Å²) in [7, 11) is 0. The van der Waals surface area contributed by atoms with Crippen molar-refractivity contribution in [3.8, 4) is 0 Å². The molecule has 0 aliphatic heterocycles. The smallest absolute Gasteiger partial charge is 0.00968 e. The highest BCUT2D eigenvalue weighted by Crippen LogP contribution is 2.40. The molecule has 118 valence electrons. The molecule has 1 N–H and O–H groups in total. The largest absolute Gasteiger partial charge is 0.311 e. The number of hydrogen-bond donors (Lipinski definition) is 1. The average molecular weight is 287 g/mol. The monoisotopic (exact) mass is 287 g/mol.